The van der Waals surface area contributed by atoms with E-state index in [1.807, 2.05) is 4.90 Å². The molecule has 7 heteroatoms. The summed E-state index contributed by atoms with van der Waals surface area (Å²) in [4.78, 5) is 14.0. The first kappa shape index (κ1) is 13.5. The second-order valence-corrected chi connectivity index (χ2v) is 5.31. The lowest BCUT2D eigenvalue weighted by Gasteiger charge is -2.41. The molecule has 0 radical (unpaired) electrons. The van der Waals surface area contributed by atoms with Crippen molar-refractivity contribution >= 4 is 5.91 Å². The van der Waals surface area contributed by atoms with E-state index in [9.17, 15) is 4.79 Å². The van der Waals surface area contributed by atoms with Crippen LogP contribution in [0.2, 0.25) is 0 Å². The number of carbonyl (C=O) groups excluding carboxylic acids is 1. The number of ether oxygens (including phenoxy) is 2. The van der Waals surface area contributed by atoms with Crippen LogP contribution in [0.1, 0.15) is 24.6 Å². The number of nitrogens with zero attached hydrogens (tertiary/aromatic N) is 3. The van der Waals surface area contributed by atoms with Crippen LogP contribution in [-0.2, 0) is 20.9 Å². The largest absolute Gasteiger partial charge is 0.423 e. The van der Waals surface area contributed by atoms with Gasteiger partial charge in [-0.05, 0) is 12.8 Å². The van der Waals surface area contributed by atoms with E-state index >= 15 is 0 Å². The number of hydrogen-bond acceptors (Lipinski definition) is 6. The van der Waals surface area contributed by atoms with Crippen LogP contribution in [0.5, 0.6) is 0 Å². The summed E-state index contributed by atoms with van der Waals surface area (Å²) in [6.07, 6.45) is 1.97. The summed E-state index contributed by atoms with van der Waals surface area (Å²) < 4.78 is 16.2. The molecule has 0 saturated carbocycles. The SMILES string of the molecule is Cc1nnc(COC2CN(C(=O)C3CCCOC3)C2)o1. The van der Waals surface area contributed by atoms with Crippen molar-refractivity contribution in [1.82, 2.24) is 15.1 Å². The standard InChI is InChI=1S/C13H19N3O4/c1-9-14-15-12(20-9)8-19-11-5-16(6-11)13(17)10-3-2-4-18-7-10/h10-11H,2-8H2,1H3. The average molecular weight is 281 g/mol. The summed E-state index contributed by atoms with van der Waals surface area (Å²) in [5.41, 5.74) is 0. The van der Waals surface area contributed by atoms with Crippen LogP contribution in [-0.4, -0.2) is 53.4 Å². The van der Waals surface area contributed by atoms with Crippen molar-refractivity contribution in [2.45, 2.75) is 32.5 Å². The first-order valence-electron chi connectivity index (χ1n) is 6.99. The molecule has 1 unspecified atom stereocenters. The molecular formula is C13H19N3O4. The van der Waals surface area contributed by atoms with Crippen LogP contribution in [0.4, 0.5) is 0 Å². The Kier molecular flexibility index (Phi) is 3.98. The third kappa shape index (κ3) is 2.99. The van der Waals surface area contributed by atoms with E-state index in [4.69, 9.17) is 13.9 Å². The fraction of sp³-hybridized carbons (Fsp3) is 0.769. The summed E-state index contributed by atoms with van der Waals surface area (Å²) in [6, 6.07) is 0. The molecule has 110 valence electrons. The molecule has 1 atom stereocenters. The molecule has 2 saturated heterocycles. The fourth-order valence-electron chi connectivity index (χ4n) is 2.50. The van der Waals surface area contributed by atoms with Gasteiger partial charge in [0.15, 0.2) is 0 Å². The van der Waals surface area contributed by atoms with Crippen LogP contribution in [0.3, 0.4) is 0 Å². The summed E-state index contributed by atoms with van der Waals surface area (Å²) in [5, 5.41) is 7.60. The van der Waals surface area contributed by atoms with E-state index in [2.05, 4.69) is 10.2 Å². The molecule has 0 N–H and O–H groups in total. The van der Waals surface area contributed by atoms with Crippen LogP contribution in [0.25, 0.3) is 0 Å². The lowest BCUT2D eigenvalue weighted by atomic mass is 9.98. The van der Waals surface area contributed by atoms with Gasteiger partial charge in [0.25, 0.3) is 0 Å². The molecule has 3 heterocycles. The first-order chi connectivity index (χ1) is 9.72. The minimum Gasteiger partial charge on any atom is -0.423 e. The lowest BCUT2D eigenvalue weighted by Crippen LogP contribution is -2.57. The van der Waals surface area contributed by atoms with Gasteiger partial charge in [0.1, 0.15) is 6.61 Å². The zero-order valence-electron chi connectivity index (χ0n) is 11.6. The van der Waals surface area contributed by atoms with E-state index in [0.717, 1.165) is 19.4 Å². The highest BCUT2D eigenvalue weighted by atomic mass is 16.5. The van der Waals surface area contributed by atoms with E-state index in [1.165, 1.54) is 0 Å². The smallest absolute Gasteiger partial charge is 0.242 e. The number of aromatic nitrogens is 2. The summed E-state index contributed by atoms with van der Waals surface area (Å²) >= 11 is 0. The summed E-state index contributed by atoms with van der Waals surface area (Å²) in [6.45, 7) is 4.67. The van der Waals surface area contributed by atoms with Crippen LogP contribution < -0.4 is 0 Å². The zero-order chi connectivity index (χ0) is 13.9. The molecule has 2 aliphatic rings. The molecule has 1 aromatic rings. The number of carbonyl (C=O) groups is 1. The topological polar surface area (TPSA) is 77.7 Å². The summed E-state index contributed by atoms with van der Waals surface area (Å²) in [5.74, 6) is 1.24. The monoisotopic (exact) mass is 281 g/mol. The Hall–Kier alpha value is -1.47. The molecule has 3 rings (SSSR count). The van der Waals surface area contributed by atoms with Gasteiger partial charge in [0.05, 0.1) is 18.6 Å². The van der Waals surface area contributed by atoms with Gasteiger partial charge in [-0.15, -0.1) is 10.2 Å². The van der Waals surface area contributed by atoms with Crippen LogP contribution in [0, 0.1) is 12.8 Å². The average Bonchev–Trinajstić information content (AvgIpc) is 2.83. The molecule has 7 nitrogen and oxygen atoms in total. The Balaban J connectivity index is 1.38. The van der Waals surface area contributed by atoms with Crippen molar-refractivity contribution in [3.05, 3.63) is 11.8 Å². The Morgan fingerprint density at radius 3 is 2.95 bits per heavy atom. The number of hydrogen-bond donors (Lipinski definition) is 0. The quantitative estimate of drug-likeness (QED) is 0.801. The van der Waals surface area contributed by atoms with E-state index in [1.54, 1.807) is 6.92 Å². The van der Waals surface area contributed by atoms with Crippen molar-refractivity contribution in [3.63, 3.8) is 0 Å². The van der Waals surface area contributed by atoms with Crippen molar-refractivity contribution in [2.24, 2.45) is 5.92 Å². The predicted octanol–water partition coefficient (Wildman–Crippen LogP) is 0.532. The first-order valence-corrected chi connectivity index (χ1v) is 6.99. The third-order valence-corrected chi connectivity index (χ3v) is 3.68. The van der Waals surface area contributed by atoms with E-state index in [0.29, 0.717) is 38.1 Å². The number of amides is 1. The Labute approximate surface area is 117 Å². The van der Waals surface area contributed by atoms with Gasteiger partial charge < -0.3 is 18.8 Å². The zero-order valence-corrected chi connectivity index (χ0v) is 11.6. The Morgan fingerprint density at radius 2 is 2.30 bits per heavy atom. The molecule has 20 heavy (non-hydrogen) atoms. The maximum Gasteiger partial charge on any atom is 0.242 e. The maximum absolute atomic E-state index is 12.2. The van der Waals surface area contributed by atoms with Crippen molar-refractivity contribution in [2.75, 3.05) is 26.3 Å². The van der Waals surface area contributed by atoms with Crippen LogP contribution in [0.15, 0.2) is 4.42 Å². The second-order valence-electron chi connectivity index (χ2n) is 5.31. The normalized spacial score (nSPS) is 23.6. The van der Waals surface area contributed by atoms with Gasteiger partial charge in [0, 0.05) is 26.6 Å². The molecule has 2 aliphatic heterocycles. The summed E-state index contributed by atoms with van der Waals surface area (Å²) in [7, 11) is 0. The van der Waals surface area contributed by atoms with Gasteiger partial charge in [-0.3, -0.25) is 4.79 Å². The highest BCUT2D eigenvalue weighted by molar-refractivity contribution is 5.80. The highest BCUT2D eigenvalue weighted by Crippen LogP contribution is 2.21. The molecule has 1 aromatic heterocycles. The molecule has 0 bridgehead atoms. The fourth-order valence-corrected chi connectivity index (χ4v) is 2.50. The van der Waals surface area contributed by atoms with Crippen LogP contribution >= 0.6 is 0 Å². The van der Waals surface area contributed by atoms with Crippen molar-refractivity contribution in [1.29, 1.82) is 0 Å². The van der Waals surface area contributed by atoms with Gasteiger partial charge in [-0.25, -0.2) is 0 Å². The maximum atomic E-state index is 12.2. The Morgan fingerprint density at radius 1 is 1.45 bits per heavy atom. The van der Waals surface area contributed by atoms with Gasteiger partial charge in [0.2, 0.25) is 17.7 Å². The van der Waals surface area contributed by atoms with Gasteiger partial charge in [-0.2, -0.15) is 0 Å². The molecule has 0 spiro atoms. The second kappa shape index (κ2) is 5.88. The van der Waals surface area contributed by atoms with Crippen molar-refractivity contribution < 1.29 is 18.7 Å². The predicted molar refractivity (Wildman–Crippen MR) is 67.7 cm³/mol. The molecule has 1 amide bonds. The number of aryl methyl sites for hydroxylation is 1. The van der Waals surface area contributed by atoms with Crippen molar-refractivity contribution in [3.8, 4) is 0 Å². The lowest BCUT2D eigenvalue weighted by molar-refractivity contribution is -0.154. The highest BCUT2D eigenvalue weighted by Gasteiger charge is 2.35. The number of rotatable bonds is 4. The van der Waals surface area contributed by atoms with Gasteiger partial charge in [-0.1, -0.05) is 0 Å². The third-order valence-electron chi connectivity index (χ3n) is 3.68. The Bertz CT molecular complexity index is 464. The van der Waals surface area contributed by atoms with E-state index in [-0.39, 0.29) is 17.9 Å². The number of likely N-dealkylation sites (tertiary alicyclic amines) is 1. The van der Waals surface area contributed by atoms with Gasteiger partial charge >= 0.3 is 0 Å². The minimum atomic E-state index is 0.0308. The molecule has 0 aromatic carbocycles. The van der Waals surface area contributed by atoms with E-state index < -0.39 is 0 Å². The minimum absolute atomic E-state index is 0.0308. The molecule has 2 fully saturated rings. The molecular weight excluding hydrogens is 262 g/mol. The molecule has 0 aliphatic carbocycles.